The molecule has 1 aromatic rings. The first kappa shape index (κ1) is 16.0. The van der Waals surface area contributed by atoms with Crippen molar-refractivity contribution in [1.29, 1.82) is 0 Å². The van der Waals surface area contributed by atoms with Crippen molar-refractivity contribution in [2.24, 2.45) is 4.40 Å². The second-order valence-electron chi connectivity index (χ2n) is 4.81. The van der Waals surface area contributed by atoms with Crippen molar-refractivity contribution in [3.63, 3.8) is 0 Å². The highest BCUT2D eigenvalue weighted by Crippen LogP contribution is 2.28. The molecule has 0 N–H and O–H groups in total. The maximum absolute atomic E-state index is 12.2. The first-order chi connectivity index (χ1) is 10.8. The van der Waals surface area contributed by atoms with Crippen molar-refractivity contribution in [1.82, 2.24) is 4.90 Å². The minimum absolute atomic E-state index is 0.105. The molecule has 0 amide bonds. The first-order valence-corrected chi connectivity index (χ1v) is 8.87. The number of halogens is 2. The molecule has 0 saturated carbocycles. The zero-order chi connectivity index (χ0) is 16.6. The summed E-state index contributed by atoms with van der Waals surface area (Å²) < 4.78 is 31.7. The van der Waals surface area contributed by atoms with E-state index in [9.17, 15) is 13.2 Å². The third-order valence-corrected chi connectivity index (χ3v) is 4.85. The quantitative estimate of drug-likeness (QED) is 0.588. The van der Waals surface area contributed by atoms with Gasteiger partial charge in [-0.05, 0) is 30.4 Å². The number of carbonyl (C=O) groups is 1. The SMILES string of the molecule is O=C(Oc1ccc(Cl)cc1Cl)C1=CN2CCS(=O)(=O)N=C2C=C1. The minimum Gasteiger partial charge on any atom is -0.421 e. The Morgan fingerprint density at radius 1 is 1.26 bits per heavy atom. The van der Waals surface area contributed by atoms with Crippen LogP contribution in [0.25, 0.3) is 0 Å². The first-order valence-electron chi connectivity index (χ1n) is 6.50. The summed E-state index contributed by atoms with van der Waals surface area (Å²) in [7, 11) is -3.43. The molecule has 0 spiro atoms. The fourth-order valence-electron chi connectivity index (χ4n) is 2.04. The van der Waals surface area contributed by atoms with Gasteiger partial charge < -0.3 is 9.64 Å². The summed E-state index contributed by atoms with van der Waals surface area (Å²) in [6.45, 7) is 0.226. The summed E-state index contributed by atoms with van der Waals surface area (Å²) in [6.07, 6.45) is 4.40. The Labute approximate surface area is 142 Å². The van der Waals surface area contributed by atoms with Crippen LogP contribution in [0.5, 0.6) is 5.75 Å². The van der Waals surface area contributed by atoms with Crippen LogP contribution in [0, 0.1) is 0 Å². The van der Waals surface area contributed by atoms with Gasteiger partial charge in [0.25, 0.3) is 10.0 Å². The summed E-state index contributed by atoms with van der Waals surface area (Å²) in [5, 5.41) is 0.652. The van der Waals surface area contributed by atoms with Gasteiger partial charge in [-0.25, -0.2) is 13.2 Å². The van der Waals surface area contributed by atoms with Crippen molar-refractivity contribution in [2.75, 3.05) is 12.3 Å². The number of ether oxygens (including phenoxy) is 1. The Hall–Kier alpha value is -1.83. The van der Waals surface area contributed by atoms with Gasteiger partial charge in [-0.2, -0.15) is 0 Å². The zero-order valence-electron chi connectivity index (χ0n) is 11.6. The van der Waals surface area contributed by atoms with Crippen LogP contribution >= 0.6 is 23.2 Å². The Morgan fingerprint density at radius 3 is 2.78 bits per heavy atom. The predicted octanol–water partition coefficient (Wildman–Crippen LogP) is 2.40. The van der Waals surface area contributed by atoms with Crippen LogP contribution in [0.15, 0.2) is 46.5 Å². The third kappa shape index (κ3) is 3.57. The molecule has 0 radical (unpaired) electrons. The van der Waals surface area contributed by atoms with Crippen molar-refractivity contribution >= 4 is 45.0 Å². The van der Waals surface area contributed by atoms with Crippen LogP contribution in [0.3, 0.4) is 0 Å². The highest BCUT2D eigenvalue weighted by atomic mass is 35.5. The largest absolute Gasteiger partial charge is 0.421 e. The molecule has 0 aliphatic carbocycles. The van der Waals surface area contributed by atoms with E-state index in [2.05, 4.69) is 4.40 Å². The molecule has 0 unspecified atom stereocenters. The maximum Gasteiger partial charge on any atom is 0.345 e. The number of sulfonamides is 1. The number of amidine groups is 1. The van der Waals surface area contributed by atoms with Crippen molar-refractivity contribution in [2.45, 2.75) is 0 Å². The summed E-state index contributed by atoms with van der Waals surface area (Å²) in [5.74, 6) is -0.252. The van der Waals surface area contributed by atoms with Crippen LogP contribution in [0.1, 0.15) is 0 Å². The number of hydrogen-bond donors (Lipinski definition) is 0. The second-order valence-corrected chi connectivity index (χ2v) is 7.41. The van der Waals surface area contributed by atoms with Crippen LogP contribution in [0.4, 0.5) is 0 Å². The monoisotopic (exact) mass is 372 g/mol. The van der Waals surface area contributed by atoms with Crippen LogP contribution in [-0.2, 0) is 14.8 Å². The van der Waals surface area contributed by atoms with E-state index in [1.807, 2.05) is 0 Å². The fourth-order valence-corrected chi connectivity index (χ4v) is 3.45. The lowest BCUT2D eigenvalue weighted by Crippen LogP contribution is -2.37. The van der Waals surface area contributed by atoms with E-state index >= 15 is 0 Å². The van der Waals surface area contributed by atoms with Gasteiger partial charge in [0.15, 0.2) is 0 Å². The molecule has 0 saturated heterocycles. The molecule has 2 aliphatic rings. The molecule has 0 bridgehead atoms. The van der Waals surface area contributed by atoms with Crippen LogP contribution < -0.4 is 4.74 Å². The molecule has 3 rings (SSSR count). The van der Waals surface area contributed by atoms with Gasteiger partial charge >= 0.3 is 5.97 Å². The molecule has 2 aliphatic heterocycles. The minimum atomic E-state index is -3.43. The normalized spacial score (nSPS) is 18.8. The molecule has 6 nitrogen and oxygen atoms in total. The summed E-state index contributed by atoms with van der Waals surface area (Å²) in [4.78, 5) is 13.8. The zero-order valence-corrected chi connectivity index (χ0v) is 13.9. The van der Waals surface area contributed by atoms with E-state index in [4.69, 9.17) is 27.9 Å². The van der Waals surface area contributed by atoms with E-state index in [0.29, 0.717) is 5.02 Å². The van der Waals surface area contributed by atoms with Gasteiger partial charge in [-0.3, -0.25) is 0 Å². The Balaban J connectivity index is 1.80. The standard InChI is InChI=1S/C14H10Cl2N2O4S/c15-10-2-3-12(11(16)7-10)22-14(19)9-1-4-13-17-23(20,21)6-5-18(13)8-9/h1-4,7-8H,5-6H2. The molecule has 23 heavy (non-hydrogen) atoms. The van der Waals surface area contributed by atoms with Crippen molar-refractivity contribution in [3.05, 3.63) is 52.2 Å². The Bertz CT molecular complexity index is 875. The molecule has 2 heterocycles. The van der Waals surface area contributed by atoms with Gasteiger partial charge in [-0.1, -0.05) is 23.2 Å². The van der Waals surface area contributed by atoms with E-state index in [1.165, 1.54) is 30.5 Å². The Kier molecular flexibility index (Phi) is 4.18. The Morgan fingerprint density at radius 2 is 2.04 bits per heavy atom. The van der Waals surface area contributed by atoms with Gasteiger partial charge in [0.05, 0.1) is 16.3 Å². The number of fused-ring (bicyclic) bond motifs is 1. The summed E-state index contributed by atoms with van der Waals surface area (Å²) >= 11 is 11.7. The molecule has 9 heteroatoms. The van der Waals surface area contributed by atoms with Gasteiger partial charge in [0.2, 0.25) is 0 Å². The van der Waals surface area contributed by atoms with E-state index in [1.54, 1.807) is 11.0 Å². The lowest BCUT2D eigenvalue weighted by Gasteiger charge is -2.26. The van der Waals surface area contributed by atoms with E-state index < -0.39 is 16.0 Å². The van der Waals surface area contributed by atoms with Crippen LogP contribution in [-0.4, -0.2) is 37.4 Å². The van der Waals surface area contributed by atoms with E-state index in [0.717, 1.165) is 0 Å². The van der Waals surface area contributed by atoms with E-state index in [-0.39, 0.29) is 34.5 Å². The summed E-state index contributed by atoms with van der Waals surface area (Å²) in [5.41, 5.74) is 0.259. The smallest absolute Gasteiger partial charge is 0.345 e. The molecule has 0 atom stereocenters. The van der Waals surface area contributed by atoms with Crippen molar-refractivity contribution in [3.8, 4) is 5.75 Å². The fraction of sp³-hybridized carbons (Fsp3) is 0.143. The molecular formula is C14H10Cl2N2O4S. The third-order valence-electron chi connectivity index (χ3n) is 3.16. The molecule has 0 aromatic heterocycles. The molecular weight excluding hydrogens is 363 g/mol. The molecule has 0 fully saturated rings. The van der Waals surface area contributed by atoms with Gasteiger partial charge in [0.1, 0.15) is 11.6 Å². The highest BCUT2D eigenvalue weighted by molar-refractivity contribution is 7.90. The number of rotatable bonds is 2. The summed E-state index contributed by atoms with van der Waals surface area (Å²) in [6, 6.07) is 4.52. The second kappa shape index (κ2) is 5.99. The maximum atomic E-state index is 12.2. The van der Waals surface area contributed by atoms with Crippen molar-refractivity contribution < 1.29 is 17.9 Å². The number of hydrogen-bond acceptors (Lipinski definition) is 5. The average molecular weight is 373 g/mol. The molecule has 1 aromatic carbocycles. The number of esters is 1. The van der Waals surface area contributed by atoms with Crippen LogP contribution in [0.2, 0.25) is 10.0 Å². The average Bonchev–Trinajstić information content (AvgIpc) is 2.48. The van der Waals surface area contributed by atoms with Gasteiger partial charge in [0, 0.05) is 17.8 Å². The lowest BCUT2D eigenvalue weighted by atomic mass is 10.2. The number of carbonyl (C=O) groups excluding carboxylic acids is 1. The lowest BCUT2D eigenvalue weighted by molar-refractivity contribution is -0.129. The topological polar surface area (TPSA) is 76.0 Å². The number of benzene rings is 1. The molecule has 120 valence electrons. The number of nitrogens with zero attached hydrogens (tertiary/aromatic N) is 2. The predicted molar refractivity (Wildman–Crippen MR) is 87.2 cm³/mol. The highest BCUT2D eigenvalue weighted by Gasteiger charge is 2.25. The van der Waals surface area contributed by atoms with Gasteiger partial charge in [-0.15, -0.1) is 4.40 Å².